The zero-order valence-electron chi connectivity index (χ0n) is 33.3. The molecule has 0 radical (unpaired) electrons. The number of hydrogen-bond donors (Lipinski definition) is 2. The second-order valence-corrected chi connectivity index (χ2v) is 21.0. The molecule has 0 aliphatic rings. The van der Waals surface area contributed by atoms with Gasteiger partial charge in [0.1, 0.15) is 56.4 Å². The van der Waals surface area contributed by atoms with Crippen LogP contribution >= 0.6 is 23.2 Å². The van der Waals surface area contributed by atoms with Crippen molar-refractivity contribution in [3.63, 3.8) is 0 Å². The van der Waals surface area contributed by atoms with Crippen molar-refractivity contribution in [2.45, 2.75) is 97.6 Å². The summed E-state index contributed by atoms with van der Waals surface area (Å²) in [4.78, 5) is 64.2. The van der Waals surface area contributed by atoms with Crippen LogP contribution in [0.3, 0.4) is 0 Å². The van der Waals surface area contributed by atoms with E-state index >= 15 is 0 Å². The fraction of sp³-hybridized carbons (Fsp3) is 0.486. The van der Waals surface area contributed by atoms with Crippen molar-refractivity contribution in [1.29, 1.82) is 0 Å². The summed E-state index contributed by atoms with van der Waals surface area (Å²) >= 11 is 13.3. The summed E-state index contributed by atoms with van der Waals surface area (Å²) < 4.78 is 22.1. The number of urea groups is 1. The van der Waals surface area contributed by atoms with Gasteiger partial charge in [0.05, 0.1) is 25.6 Å². The van der Waals surface area contributed by atoms with Gasteiger partial charge in [-0.25, -0.2) is 29.3 Å². The SMILES string of the molecule is COc1cc(OC)c(Cl)c(N(C(=O)OC(C)(C)C)C(=O)N(C)c2cc(N(C(=O)OC(C)(C)C)c3ccc(CCC(C)(C)[Si](C)(C)O)cc3N)ncn2)c1Cl. The summed E-state index contributed by atoms with van der Waals surface area (Å²) in [6.07, 6.45) is 0.612. The maximum absolute atomic E-state index is 14.4. The molecule has 4 amide bonds. The number of halogens is 2. The van der Waals surface area contributed by atoms with Crippen LogP contribution in [0.5, 0.6) is 11.5 Å². The Morgan fingerprint density at radius 3 is 1.83 bits per heavy atom. The molecule has 3 rings (SSSR count). The Labute approximate surface area is 328 Å². The first-order chi connectivity index (χ1) is 24.7. The first-order valence-electron chi connectivity index (χ1n) is 17.1. The fourth-order valence-corrected chi connectivity index (χ4v) is 6.29. The van der Waals surface area contributed by atoms with Crippen molar-refractivity contribution >= 4 is 78.4 Å². The predicted octanol–water partition coefficient (Wildman–Crippen LogP) is 9.36. The lowest BCUT2D eigenvalue weighted by atomic mass is 10.0. The van der Waals surface area contributed by atoms with Crippen molar-refractivity contribution in [1.82, 2.24) is 9.97 Å². The molecule has 0 atom stereocenters. The smallest absolute Gasteiger partial charge is 0.423 e. The third-order valence-corrected chi connectivity index (χ3v) is 12.9. The van der Waals surface area contributed by atoms with Gasteiger partial charge in [0, 0.05) is 19.2 Å². The van der Waals surface area contributed by atoms with E-state index in [-0.39, 0.29) is 55.3 Å². The number of amides is 4. The number of nitrogen functional groups attached to an aromatic ring is 1. The quantitative estimate of drug-likeness (QED) is 0.148. The number of imide groups is 1. The van der Waals surface area contributed by atoms with Crippen molar-refractivity contribution in [2.75, 3.05) is 41.7 Å². The highest BCUT2D eigenvalue weighted by Gasteiger charge is 2.39. The van der Waals surface area contributed by atoms with Gasteiger partial charge in [0.25, 0.3) is 0 Å². The highest BCUT2D eigenvalue weighted by atomic mass is 35.5. The number of nitrogens with zero attached hydrogens (tertiary/aromatic N) is 5. The Hall–Kier alpha value is -4.31. The normalized spacial score (nSPS) is 12.1. The molecule has 0 fully saturated rings. The molecule has 0 aliphatic carbocycles. The minimum Gasteiger partial charge on any atom is -0.495 e. The second kappa shape index (κ2) is 16.6. The van der Waals surface area contributed by atoms with Gasteiger partial charge < -0.3 is 29.5 Å². The van der Waals surface area contributed by atoms with Crippen molar-refractivity contribution in [3.8, 4) is 11.5 Å². The number of nitrogens with two attached hydrogens (primary N) is 1. The largest absolute Gasteiger partial charge is 0.495 e. The van der Waals surface area contributed by atoms with Gasteiger partial charge in [-0.1, -0.05) is 43.1 Å². The zero-order valence-corrected chi connectivity index (χ0v) is 35.8. The molecule has 2 aromatic carbocycles. The number of aromatic nitrogens is 2. The molecule has 0 bridgehead atoms. The average Bonchev–Trinajstić information content (AvgIpc) is 3.04. The van der Waals surface area contributed by atoms with E-state index in [2.05, 4.69) is 23.8 Å². The van der Waals surface area contributed by atoms with Crippen molar-refractivity contribution in [2.24, 2.45) is 0 Å². The van der Waals surface area contributed by atoms with Gasteiger partial charge in [-0.05, 0) is 90.2 Å². The first kappa shape index (κ1) is 44.1. The number of carbonyl (C=O) groups excluding carboxylic acids is 3. The number of carbonyl (C=O) groups is 3. The lowest BCUT2D eigenvalue weighted by molar-refractivity contribution is 0.0584. The average molecular weight is 808 g/mol. The molecule has 3 N–H and O–H groups in total. The first-order valence-corrected chi connectivity index (χ1v) is 20.8. The fourth-order valence-electron chi connectivity index (χ4n) is 4.88. The number of benzene rings is 2. The Bertz CT molecular complexity index is 1850. The van der Waals surface area contributed by atoms with Crippen LogP contribution in [0.1, 0.15) is 67.4 Å². The molecular weight excluding hydrogens is 755 g/mol. The van der Waals surface area contributed by atoms with Crippen LogP contribution in [-0.4, -0.2) is 73.8 Å². The third-order valence-electron chi connectivity index (χ3n) is 8.64. The third kappa shape index (κ3) is 10.5. The number of hydrogen-bond acceptors (Lipinski definition) is 11. The highest BCUT2D eigenvalue weighted by molar-refractivity contribution is 6.72. The van der Waals surface area contributed by atoms with Crippen LogP contribution in [0.2, 0.25) is 28.2 Å². The Morgan fingerprint density at radius 2 is 1.35 bits per heavy atom. The van der Waals surface area contributed by atoms with Crippen molar-refractivity contribution in [3.05, 3.63) is 52.3 Å². The number of anilines is 5. The summed E-state index contributed by atoms with van der Waals surface area (Å²) in [6.45, 7) is 18.0. The summed E-state index contributed by atoms with van der Waals surface area (Å²) in [7, 11) is 1.61. The van der Waals surface area contributed by atoms with Gasteiger partial charge in [-0.15, -0.1) is 0 Å². The maximum Gasteiger partial charge on any atom is 0.423 e. The van der Waals surface area contributed by atoms with E-state index in [9.17, 15) is 19.2 Å². The van der Waals surface area contributed by atoms with Gasteiger partial charge in [0.2, 0.25) is 0 Å². The molecular formula is C37H52Cl2N6O8Si. The molecule has 0 saturated carbocycles. The topological polar surface area (TPSA) is 170 Å². The van der Waals surface area contributed by atoms with E-state index in [1.54, 1.807) is 53.7 Å². The van der Waals surface area contributed by atoms with Crippen LogP contribution in [-0.2, 0) is 15.9 Å². The van der Waals surface area contributed by atoms with E-state index in [4.69, 9.17) is 47.9 Å². The minimum absolute atomic E-state index is 0.00504. The van der Waals surface area contributed by atoms with E-state index < -0.39 is 37.7 Å². The second-order valence-electron chi connectivity index (χ2n) is 15.8. The summed E-state index contributed by atoms with van der Waals surface area (Å²) in [5.74, 6) is 0.106. The van der Waals surface area contributed by atoms with E-state index in [1.807, 2.05) is 19.2 Å². The Morgan fingerprint density at radius 1 is 0.833 bits per heavy atom. The van der Waals surface area contributed by atoms with Gasteiger partial charge in [-0.3, -0.25) is 4.90 Å². The molecule has 296 valence electrons. The molecule has 54 heavy (non-hydrogen) atoms. The lowest BCUT2D eigenvalue weighted by Gasteiger charge is -2.35. The molecule has 3 aromatic rings. The van der Waals surface area contributed by atoms with E-state index in [0.717, 1.165) is 23.2 Å². The lowest BCUT2D eigenvalue weighted by Crippen LogP contribution is -2.48. The molecule has 0 unspecified atom stereocenters. The number of ether oxygens (including phenoxy) is 4. The van der Waals surface area contributed by atoms with Crippen LogP contribution in [0, 0.1) is 0 Å². The Balaban J connectivity index is 2.15. The molecule has 14 nitrogen and oxygen atoms in total. The van der Waals surface area contributed by atoms with E-state index in [0.29, 0.717) is 11.3 Å². The van der Waals surface area contributed by atoms with Gasteiger partial charge >= 0.3 is 18.2 Å². The molecule has 0 aliphatic heterocycles. The number of rotatable bonds is 10. The minimum atomic E-state index is -2.44. The molecule has 0 spiro atoms. The summed E-state index contributed by atoms with van der Waals surface area (Å²) in [5, 5.41) is -0.585. The zero-order chi connectivity index (χ0) is 41.1. The van der Waals surface area contributed by atoms with E-state index in [1.165, 1.54) is 38.3 Å². The molecule has 1 heterocycles. The standard InChI is InChI=1S/C37H52Cl2N6O8Si/c1-35(2,3)52-33(47)44(24-15-14-22(18-23(24)40)16-17-37(7,8)54(12,13)49)28-20-27(41-21-42-28)43(9)32(46)45(34(48)53-36(4,5)6)31-29(38)25(50-10)19-26(51-11)30(31)39/h14-15,18-21,49H,16-17,40H2,1-13H3. The Kier molecular flexibility index (Phi) is 13.5. The summed E-state index contributed by atoms with van der Waals surface area (Å²) in [5.41, 5.74) is 5.84. The van der Waals surface area contributed by atoms with Crippen LogP contribution in [0.15, 0.2) is 36.7 Å². The van der Waals surface area contributed by atoms with Crippen LogP contribution < -0.4 is 29.9 Å². The molecule has 17 heteroatoms. The van der Waals surface area contributed by atoms with Gasteiger partial charge in [-0.2, -0.15) is 4.90 Å². The van der Waals surface area contributed by atoms with Gasteiger partial charge in [0.15, 0.2) is 8.32 Å². The number of methoxy groups -OCH3 is 2. The predicted molar refractivity (Wildman–Crippen MR) is 215 cm³/mol. The summed E-state index contributed by atoms with van der Waals surface area (Å²) in [6, 6.07) is 7.07. The van der Waals surface area contributed by atoms with Crippen LogP contribution in [0.4, 0.5) is 43.1 Å². The maximum atomic E-state index is 14.4. The van der Waals surface area contributed by atoms with Crippen molar-refractivity contribution < 1.29 is 38.1 Å². The monoisotopic (exact) mass is 806 g/mol. The molecule has 1 aromatic heterocycles. The van der Waals surface area contributed by atoms with Crippen LogP contribution in [0.25, 0.3) is 0 Å². The highest BCUT2D eigenvalue weighted by Crippen LogP contribution is 2.47. The number of aryl methyl sites for hydroxylation is 1. The molecule has 0 saturated heterocycles.